The maximum absolute atomic E-state index is 13.0. The first kappa shape index (κ1) is 14.6. The maximum Gasteiger partial charge on any atom is 0.166 e. The summed E-state index contributed by atoms with van der Waals surface area (Å²) < 4.78 is 34.9. The lowest BCUT2D eigenvalue weighted by atomic mass is 10.0. The quantitative estimate of drug-likeness (QED) is 0.865. The first-order chi connectivity index (χ1) is 7.72. The Balaban J connectivity index is 3.24. The molecule has 0 radical (unpaired) electrons. The van der Waals surface area contributed by atoms with Crippen LogP contribution in [0.15, 0.2) is 24.3 Å². The molecule has 1 rings (SSSR count). The minimum absolute atomic E-state index is 0.170. The standard InChI is InChI=1S/C11H14BrFO3S/c1-3-11(12,17(2,15)16)10(14)8-5-4-6-9(13)7-8/h4-7,10,14H,3H2,1-2H3/t10-,11-/m0/s1. The number of hydrogen-bond acceptors (Lipinski definition) is 3. The molecular weight excluding hydrogens is 311 g/mol. The zero-order chi connectivity index (χ0) is 13.3. The van der Waals surface area contributed by atoms with Crippen molar-refractivity contribution in [2.75, 3.05) is 6.26 Å². The number of halogens is 2. The summed E-state index contributed by atoms with van der Waals surface area (Å²) >= 11 is 3.07. The molecule has 0 fully saturated rings. The third-order valence-corrected chi connectivity index (χ3v) is 7.17. The largest absolute Gasteiger partial charge is 0.386 e. The molecule has 1 aromatic rings. The van der Waals surface area contributed by atoms with Gasteiger partial charge in [-0.1, -0.05) is 35.0 Å². The molecule has 3 nitrogen and oxygen atoms in total. The van der Waals surface area contributed by atoms with Gasteiger partial charge in [0.1, 0.15) is 11.9 Å². The fourth-order valence-electron chi connectivity index (χ4n) is 1.58. The monoisotopic (exact) mass is 324 g/mol. The second kappa shape index (κ2) is 5.04. The molecule has 0 heterocycles. The molecule has 2 atom stereocenters. The van der Waals surface area contributed by atoms with E-state index in [2.05, 4.69) is 15.9 Å². The molecule has 0 spiro atoms. The molecule has 96 valence electrons. The van der Waals surface area contributed by atoms with Crippen LogP contribution in [0.3, 0.4) is 0 Å². The summed E-state index contributed by atoms with van der Waals surface area (Å²) in [4.78, 5) is 0. The Morgan fingerprint density at radius 2 is 2.12 bits per heavy atom. The summed E-state index contributed by atoms with van der Waals surface area (Å²) in [6, 6.07) is 5.28. The molecule has 0 saturated heterocycles. The van der Waals surface area contributed by atoms with Gasteiger partial charge in [0.05, 0.1) is 0 Å². The van der Waals surface area contributed by atoms with Crippen LogP contribution in [0.5, 0.6) is 0 Å². The Morgan fingerprint density at radius 1 is 1.53 bits per heavy atom. The molecule has 1 aromatic carbocycles. The van der Waals surface area contributed by atoms with Gasteiger partial charge in [-0.25, -0.2) is 12.8 Å². The average Bonchev–Trinajstić information content (AvgIpc) is 2.25. The Labute approximate surface area is 109 Å². The first-order valence-corrected chi connectivity index (χ1v) is 7.73. The highest BCUT2D eigenvalue weighted by Crippen LogP contribution is 2.41. The Bertz CT molecular complexity index is 503. The number of aliphatic hydroxyl groups excluding tert-OH is 1. The normalized spacial score (nSPS) is 17.5. The summed E-state index contributed by atoms with van der Waals surface area (Å²) in [5.74, 6) is -0.513. The van der Waals surface area contributed by atoms with Crippen LogP contribution >= 0.6 is 15.9 Å². The van der Waals surface area contributed by atoms with Crippen LogP contribution in [-0.4, -0.2) is 23.4 Å². The molecule has 0 aromatic heterocycles. The van der Waals surface area contributed by atoms with E-state index in [0.29, 0.717) is 0 Å². The highest BCUT2D eigenvalue weighted by Gasteiger charge is 2.44. The van der Waals surface area contributed by atoms with E-state index >= 15 is 0 Å². The van der Waals surface area contributed by atoms with E-state index in [1.165, 1.54) is 18.2 Å². The minimum Gasteiger partial charge on any atom is -0.386 e. The van der Waals surface area contributed by atoms with Gasteiger partial charge in [0.2, 0.25) is 0 Å². The van der Waals surface area contributed by atoms with E-state index in [1.54, 1.807) is 6.92 Å². The number of benzene rings is 1. The number of sulfone groups is 1. The summed E-state index contributed by atoms with van der Waals surface area (Å²) in [6.45, 7) is 1.64. The van der Waals surface area contributed by atoms with Crippen molar-refractivity contribution in [2.45, 2.75) is 23.1 Å². The molecule has 0 saturated carbocycles. The van der Waals surface area contributed by atoms with Gasteiger partial charge in [-0.15, -0.1) is 0 Å². The number of rotatable bonds is 4. The highest BCUT2D eigenvalue weighted by atomic mass is 79.9. The molecule has 0 amide bonds. The van der Waals surface area contributed by atoms with Crippen LogP contribution in [0.1, 0.15) is 25.0 Å². The van der Waals surface area contributed by atoms with Crippen LogP contribution in [-0.2, 0) is 9.84 Å². The number of alkyl halides is 1. The zero-order valence-electron chi connectivity index (χ0n) is 9.52. The fraction of sp³-hybridized carbons (Fsp3) is 0.455. The summed E-state index contributed by atoms with van der Waals surface area (Å²) in [6.07, 6.45) is -0.115. The molecule has 6 heteroatoms. The van der Waals surface area contributed by atoms with E-state index in [-0.39, 0.29) is 12.0 Å². The minimum atomic E-state index is -3.53. The first-order valence-electron chi connectivity index (χ1n) is 5.04. The molecule has 17 heavy (non-hydrogen) atoms. The van der Waals surface area contributed by atoms with Crippen molar-refractivity contribution >= 4 is 25.8 Å². The zero-order valence-corrected chi connectivity index (χ0v) is 11.9. The summed E-state index contributed by atoms with van der Waals surface area (Å²) in [5.41, 5.74) is 0.231. The number of hydrogen-bond donors (Lipinski definition) is 1. The predicted octanol–water partition coefficient (Wildman–Crippen LogP) is 2.40. The van der Waals surface area contributed by atoms with Crippen LogP contribution in [0, 0.1) is 5.82 Å². The Morgan fingerprint density at radius 3 is 2.53 bits per heavy atom. The predicted molar refractivity (Wildman–Crippen MR) is 68.2 cm³/mol. The second-order valence-corrected chi connectivity index (χ2v) is 8.08. The maximum atomic E-state index is 13.0. The molecule has 0 aliphatic heterocycles. The van der Waals surface area contributed by atoms with E-state index in [0.717, 1.165) is 12.3 Å². The number of aliphatic hydroxyl groups is 1. The van der Waals surface area contributed by atoms with Crippen molar-refractivity contribution in [3.8, 4) is 0 Å². The van der Waals surface area contributed by atoms with Crippen molar-refractivity contribution in [3.05, 3.63) is 35.6 Å². The van der Waals surface area contributed by atoms with E-state index in [4.69, 9.17) is 0 Å². The molecule has 0 aliphatic carbocycles. The molecule has 0 bridgehead atoms. The van der Waals surface area contributed by atoms with Gasteiger partial charge in [0.25, 0.3) is 0 Å². The fourth-order valence-corrected chi connectivity index (χ4v) is 2.91. The van der Waals surface area contributed by atoms with Crippen molar-refractivity contribution in [1.82, 2.24) is 0 Å². The lowest BCUT2D eigenvalue weighted by Crippen LogP contribution is -2.37. The SMILES string of the molecule is CC[C@@](Br)([C@@H](O)c1cccc(F)c1)S(C)(=O)=O. The van der Waals surface area contributed by atoms with E-state index < -0.39 is 25.4 Å². The van der Waals surface area contributed by atoms with Gasteiger partial charge < -0.3 is 5.11 Å². The van der Waals surface area contributed by atoms with Gasteiger partial charge >= 0.3 is 0 Å². The molecule has 1 N–H and O–H groups in total. The smallest absolute Gasteiger partial charge is 0.166 e. The van der Waals surface area contributed by atoms with Crippen LogP contribution in [0.4, 0.5) is 4.39 Å². The second-order valence-electron chi connectivity index (χ2n) is 3.87. The van der Waals surface area contributed by atoms with Crippen molar-refractivity contribution in [1.29, 1.82) is 0 Å². The summed E-state index contributed by atoms with van der Waals surface area (Å²) in [7, 11) is -3.53. The van der Waals surface area contributed by atoms with Crippen molar-refractivity contribution < 1.29 is 17.9 Å². The molecule has 0 aliphatic rings. The lowest BCUT2D eigenvalue weighted by molar-refractivity contribution is 0.160. The molecule has 0 unspecified atom stereocenters. The van der Waals surface area contributed by atoms with Gasteiger partial charge in [0.15, 0.2) is 13.5 Å². The summed E-state index contributed by atoms with van der Waals surface area (Å²) in [5, 5.41) is 10.1. The van der Waals surface area contributed by atoms with Crippen molar-refractivity contribution in [2.24, 2.45) is 0 Å². The highest BCUT2D eigenvalue weighted by molar-refractivity contribution is 9.11. The van der Waals surface area contributed by atoms with E-state index in [1.807, 2.05) is 0 Å². The van der Waals surface area contributed by atoms with Gasteiger partial charge in [-0.3, -0.25) is 0 Å². The van der Waals surface area contributed by atoms with E-state index in [9.17, 15) is 17.9 Å². The van der Waals surface area contributed by atoms with Gasteiger partial charge in [-0.2, -0.15) is 0 Å². The topological polar surface area (TPSA) is 54.4 Å². The molecular formula is C11H14BrFO3S. The third kappa shape index (κ3) is 2.86. The van der Waals surface area contributed by atoms with Gasteiger partial charge in [-0.05, 0) is 24.1 Å². The lowest BCUT2D eigenvalue weighted by Gasteiger charge is -2.29. The van der Waals surface area contributed by atoms with Gasteiger partial charge in [0, 0.05) is 6.26 Å². The third-order valence-electron chi connectivity index (χ3n) is 2.67. The van der Waals surface area contributed by atoms with Crippen molar-refractivity contribution in [3.63, 3.8) is 0 Å². The Hall–Kier alpha value is -0.460. The Kier molecular flexibility index (Phi) is 4.33. The average molecular weight is 325 g/mol. The van der Waals surface area contributed by atoms with Crippen LogP contribution in [0.25, 0.3) is 0 Å². The van der Waals surface area contributed by atoms with Crippen LogP contribution < -0.4 is 0 Å². The van der Waals surface area contributed by atoms with Crippen LogP contribution in [0.2, 0.25) is 0 Å².